The fourth-order valence-electron chi connectivity index (χ4n) is 5.68. The smallest absolute Gasteiger partial charge is 0.318 e. The zero-order valence-electron chi connectivity index (χ0n) is 11.3. The number of carbonyl (C=O) groups is 2. The third-order valence-electron chi connectivity index (χ3n) is 6.69. The molecule has 118 valence electrons. The van der Waals surface area contributed by atoms with Crippen LogP contribution in [0.2, 0.25) is 0 Å². The third-order valence-corrected chi connectivity index (χ3v) is 6.69. The predicted molar refractivity (Wildman–Crippen MR) is 62.7 cm³/mol. The zero-order chi connectivity index (χ0) is 15.7. The van der Waals surface area contributed by atoms with Gasteiger partial charge in [-0.15, -0.1) is 0 Å². The number of carbonyl (C=O) groups excluding carboxylic acids is 2. The first-order valence-corrected chi connectivity index (χ1v) is 7.41. The molecule has 3 saturated carbocycles. The molecule has 3 nitrogen and oxygen atoms in total. The van der Waals surface area contributed by atoms with Gasteiger partial charge < -0.3 is 4.74 Å². The summed E-state index contributed by atoms with van der Waals surface area (Å²) in [5.41, 5.74) is -0.602. The van der Waals surface area contributed by atoms with Gasteiger partial charge in [0.25, 0.3) is 0 Å². The second-order valence-corrected chi connectivity index (χ2v) is 7.29. The van der Waals surface area contributed by atoms with Gasteiger partial charge in [-0.2, -0.15) is 17.6 Å². The highest BCUT2D eigenvalue weighted by molar-refractivity contribution is 5.98. The van der Waals surface area contributed by atoms with Gasteiger partial charge in [-0.05, 0) is 29.6 Å². The van der Waals surface area contributed by atoms with Crippen molar-refractivity contribution in [1.29, 1.82) is 0 Å². The van der Waals surface area contributed by atoms with Crippen molar-refractivity contribution in [1.82, 2.24) is 0 Å². The normalized spacial score (nSPS) is 55.3. The number of halogens is 4. The summed E-state index contributed by atoms with van der Waals surface area (Å²) >= 11 is 0. The van der Waals surface area contributed by atoms with Crippen LogP contribution in [-0.2, 0) is 14.3 Å². The Hall–Kier alpha value is -1.40. The van der Waals surface area contributed by atoms with Gasteiger partial charge in [0.15, 0.2) is 0 Å². The number of esters is 2. The Labute approximate surface area is 122 Å². The molecule has 1 saturated heterocycles. The maximum absolute atomic E-state index is 13.7. The summed E-state index contributed by atoms with van der Waals surface area (Å²) in [5, 5.41) is 0. The van der Waals surface area contributed by atoms with Crippen molar-refractivity contribution in [3.63, 3.8) is 0 Å². The molecule has 0 aromatic rings. The van der Waals surface area contributed by atoms with Crippen LogP contribution in [0.5, 0.6) is 0 Å². The second kappa shape index (κ2) is 3.26. The van der Waals surface area contributed by atoms with Gasteiger partial charge in [-0.1, -0.05) is 12.2 Å². The number of fused-ring (bicyclic) bond motifs is 3. The number of ether oxygens (including phenoxy) is 1. The molecule has 4 fully saturated rings. The molecule has 7 heteroatoms. The van der Waals surface area contributed by atoms with E-state index in [-0.39, 0.29) is 11.8 Å². The van der Waals surface area contributed by atoms with Crippen LogP contribution in [0.4, 0.5) is 17.6 Å². The SMILES string of the molecule is O=C1OC(=O)[C@H]2[C@H]1[C@@H]1C=C[C@@H]2C12C[C@@H]2[C@@H]1CC(F)(F)C1(F)F. The number of hydrogen-bond donors (Lipinski definition) is 0. The second-order valence-electron chi connectivity index (χ2n) is 7.29. The van der Waals surface area contributed by atoms with Gasteiger partial charge in [0, 0.05) is 12.3 Å². The standard InChI is InChI=1S/C15H12F4O3/c16-14(17)4-8(15(14,18)19)7-3-13(7)5-1-2-6(13)10-9(5)11(20)22-12(10)21/h1-2,5-10H,3-4H2/t5-,6-,7+,8-,9+,10+/m0/s1. The van der Waals surface area contributed by atoms with Crippen molar-refractivity contribution in [3.05, 3.63) is 12.2 Å². The molecule has 0 unspecified atom stereocenters. The van der Waals surface area contributed by atoms with Crippen LogP contribution in [0.3, 0.4) is 0 Å². The molecule has 5 aliphatic rings. The highest BCUT2D eigenvalue weighted by atomic mass is 19.3. The van der Waals surface area contributed by atoms with Crippen molar-refractivity contribution in [2.24, 2.45) is 40.9 Å². The Morgan fingerprint density at radius 2 is 1.45 bits per heavy atom. The van der Waals surface area contributed by atoms with Crippen LogP contribution in [0.15, 0.2) is 12.2 Å². The summed E-state index contributed by atoms with van der Waals surface area (Å²) in [7, 11) is 0. The minimum atomic E-state index is -3.98. The van der Waals surface area contributed by atoms with Crippen molar-refractivity contribution in [3.8, 4) is 0 Å². The highest BCUT2D eigenvalue weighted by Gasteiger charge is 2.84. The van der Waals surface area contributed by atoms with Crippen molar-refractivity contribution >= 4 is 11.9 Å². The summed E-state index contributed by atoms with van der Waals surface area (Å²) in [6, 6.07) is 0. The maximum atomic E-state index is 13.7. The van der Waals surface area contributed by atoms with Gasteiger partial charge in [0.1, 0.15) is 0 Å². The zero-order valence-corrected chi connectivity index (χ0v) is 11.3. The molecule has 0 aromatic carbocycles. The fourth-order valence-corrected chi connectivity index (χ4v) is 5.68. The number of cyclic esters (lactones) is 2. The minimum Gasteiger partial charge on any atom is -0.393 e. The minimum absolute atomic E-state index is 0.323. The number of allylic oxidation sites excluding steroid dienone is 2. The molecule has 1 heterocycles. The molecular formula is C15H12F4O3. The first-order valence-electron chi connectivity index (χ1n) is 7.41. The monoisotopic (exact) mass is 316 g/mol. The predicted octanol–water partition coefficient (Wildman–Crippen LogP) is 2.41. The van der Waals surface area contributed by atoms with Gasteiger partial charge >= 0.3 is 23.8 Å². The van der Waals surface area contributed by atoms with E-state index in [1.807, 2.05) is 0 Å². The van der Waals surface area contributed by atoms with E-state index in [9.17, 15) is 27.2 Å². The largest absolute Gasteiger partial charge is 0.393 e. The lowest BCUT2D eigenvalue weighted by molar-refractivity contribution is -0.320. The number of rotatable bonds is 1. The molecule has 0 aromatic heterocycles. The molecule has 6 atom stereocenters. The van der Waals surface area contributed by atoms with Gasteiger partial charge in [0.05, 0.1) is 11.8 Å². The molecule has 1 aliphatic heterocycles. The van der Waals surface area contributed by atoms with Crippen LogP contribution < -0.4 is 0 Å². The van der Waals surface area contributed by atoms with Crippen molar-refractivity contribution < 1.29 is 31.9 Å². The molecule has 1 spiro atoms. The van der Waals surface area contributed by atoms with E-state index in [1.165, 1.54) is 0 Å². The molecular weight excluding hydrogens is 304 g/mol. The molecule has 0 radical (unpaired) electrons. The number of hydrogen-bond acceptors (Lipinski definition) is 3. The summed E-state index contributed by atoms with van der Waals surface area (Å²) < 4.78 is 58.2. The molecule has 0 amide bonds. The Balaban J connectivity index is 1.48. The Morgan fingerprint density at radius 1 is 0.909 bits per heavy atom. The van der Waals surface area contributed by atoms with Gasteiger partial charge in [-0.3, -0.25) is 9.59 Å². The van der Waals surface area contributed by atoms with Crippen LogP contribution in [0.25, 0.3) is 0 Å². The summed E-state index contributed by atoms with van der Waals surface area (Å²) in [4.78, 5) is 23.6. The van der Waals surface area contributed by atoms with E-state index in [4.69, 9.17) is 0 Å². The van der Waals surface area contributed by atoms with Crippen LogP contribution in [-0.4, -0.2) is 23.8 Å². The Bertz CT molecular complexity index is 625. The Kier molecular flexibility index (Phi) is 1.94. The summed E-state index contributed by atoms with van der Waals surface area (Å²) in [5.74, 6) is -12.9. The van der Waals surface area contributed by atoms with Gasteiger partial charge in [0.2, 0.25) is 0 Å². The van der Waals surface area contributed by atoms with Gasteiger partial charge in [-0.25, -0.2) is 0 Å². The lowest BCUT2D eigenvalue weighted by Gasteiger charge is -2.45. The average molecular weight is 316 g/mol. The molecule has 5 rings (SSSR count). The summed E-state index contributed by atoms with van der Waals surface area (Å²) in [6.45, 7) is 0. The highest BCUT2D eigenvalue weighted by Crippen LogP contribution is 2.81. The first kappa shape index (κ1) is 13.1. The van der Waals surface area contributed by atoms with E-state index < -0.39 is 59.3 Å². The third kappa shape index (κ3) is 1.09. The van der Waals surface area contributed by atoms with E-state index in [0.717, 1.165) is 0 Å². The van der Waals surface area contributed by atoms with E-state index >= 15 is 0 Å². The summed E-state index contributed by atoms with van der Waals surface area (Å²) in [6.07, 6.45) is 3.17. The van der Waals surface area contributed by atoms with Crippen LogP contribution in [0, 0.1) is 40.9 Å². The molecule has 4 aliphatic carbocycles. The van der Waals surface area contributed by atoms with E-state index in [1.54, 1.807) is 12.2 Å². The fraction of sp³-hybridized carbons (Fsp3) is 0.733. The van der Waals surface area contributed by atoms with Crippen LogP contribution >= 0.6 is 0 Å². The topological polar surface area (TPSA) is 43.4 Å². The molecule has 0 N–H and O–H groups in total. The lowest BCUT2D eigenvalue weighted by Crippen LogP contribution is -2.60. The maximum Gasteiger partial charge on any atom is 0.318 e. The molecule has 2 bridgehead atoms. The molecule has 22 heavy (non-hydrogen) atoms. The van der Waals surface area contributed by atoms with Crippen molar-refractivity contribution in [2.45, 2.75) is 24.7 Å². The number of alkyl halides is 4. The average Bonchev–Trinajstić information content (AvgIpc) is 2.84. The lowest BCUT2D eigenvalue weighted by atomic mass is 9.70. The van der Waals surface area contributed by atoms with Crippen LogP contribution in [0.1, 0.15) is 12.8 Å². The Morgan fingerprint density at radius 3 is 1.91 bits per heavy atom. The van der Waals surface area contributed by atoms with Crippen molar-refractivity contribution in [2.75, 3.05) is 0 Å². The first-order chi connectivity index (χ1) is 10.2. The van der Waals surface area contributed by atoms with E-state index in [2.05, 4.69) is 4.74 Å². The quantitative estimate of drug-likeness (QED) is 0.323. The van der Waals surface area contributed by atoms with E-state index in [0.29, 0.717) is 6.42 Å².